The van der Waals surface area contributed by atoms with Gasteiger partial charge in [-0.3, -0.25) is 0 Å². The third kappa shape index (κ3) is 7.28. The molecule has 0 bridgehead atoms. The van der Waals surface area contributed by atoms with Crippen molar-refractivity contribution in [1.82, 2.24) is 10.2 Å². The number of nitrogens with one attached hydrogen (secondary N) is 1. The van der Waals surface area contributed by atoms with E-state index in [1.54, 1.807) is 0 Å². The molecule has 1 aliphatic rings. The number of hydrogen-bond acceptors (Lipinski definition) is 2. The molecule has 0 aliphatic carbocycles. The Balaban J connectivity index is 1.93. The Hall–Kier alpha value is 0.210. The van der Waals surface area contributed by atoms with E-state index < -0.39 is 0 Å². The van der Waals surface area contributed by atoms with E-state index in [0.717, 1.165) is 24.8 Å². The lowest BCUT2D eigenvalue weighted by Gasteiger charge is -2.17. The highest BCUT2D eigenvalue weighted by Gasteiger charge is 2.10. The van der Waals surface area contributed by atoms with E-state index in [9.17, 15) is 0 Å². The van der Waals surface area contributed by atoms with Crippen LogP contribution in [0.1, 0.15) is 45.4 Å². The summed E-state index contributed by atoms with van der Waals surface area (Å²) in [6.45, 7) is 8.50. The second-order valence-corrected chi connectivity index (χ2v) is 5.62. The van der Waals surface area contributed by atoms with Crippen molar-refractivity contribution in [3.63, 3.8) is 0 Å². The zero-order chi connectivity index (χ0) is 12.3. The molecule has 0 radical (unpaired) electrons. The minimum atomic E-state index is 0.782. The van der Waals surface area contributed by atoms with Crippen molar-refractivity contribution in [2.24, 2.45) is 5.92 Å². The van der Waals surface area contributed by atoms with Crippen LogP contribution in [0.3, 0.4) is 0 Å². The molecule has 1 N–H and O–H groups in total. The van der Waals surface area contributed by atoms with Crippen LogP contribution in [0.5, 0.6) is 0 Å². The van der Waals surface area contributed by atoms with Crippen LogP contribution < -0.4 is 5.32 Å². The number of hydrogen-bond donors (Lipinski definition) is 1. The van der Waals surface area contributed by atoms with Crippen molar-refractivity contribution in [1.29, 1.82) is 0 Å². The predicted octanol–water partition coefficient (Wildman–Crippen LogP) is 3.11. The second kappa shape index (κ2) is 10.2. The molecule has 0 amide bonds. The molecule has 1 saturated heterocycles. The normalized spacial score (nSPS) is 18.7. The van der Waals surface area contributed by atoms with Crippen molar-refractivity contribution < 1.29 is 0 Å². The maximum absolute atomic E-state index is 5.82. The molecule has 1 heterocycles. The topological polar surface area (TPSA) is 15.3 Å². The van der Waals surface area contributed by atoms with E-state index in [1.807, 2.05) is 0 Å². The highest BCUT2D eigenvalue weighted by atomic mass is 35.5. The molecule has 102 valence electrons. The van der Waals surface area contributed by atoms with E-state index in [4.69, 9.17) is 11.6 Å². The lowest BCUT2D eigenvalue weighted by Crippen LogP contribution is -2.28. The molecule has 1 fully saturated rings. The summed E-state index contributed by atoms with van der Waals surface area (Å²) in [5.74, 6) is 1.59. The minimum Gasteiger partial charge on any atom is -0.316 e. The molecule has 1 unspecified atom stereocenters. The van der Waals surface area contributed by atoms with Crippen LogP contribution in [0.15, 0.2) is 0 Å². The van der Waals surface area contributed by atoms with Crippen molar-refractivity contribution in [3.8, 4) is 0 Å². The van der Waals surface area contributed by atoms with Crippen LogP contribution in [0.4, 0.5) is 0 Å². The maximum atomic E-state index is 5.82. The van der Waals surface area contributed by atoms with E-state index in [1.165, 1.54) is 58.3 Å². The molecule has 3 heteroatoms. The Morgan fingerprint density at radius 1 is 1.24 bits per heavy atom. The SMILES string of the molecule is CCCC(CCCl)CNCCCN1CCCC1. The molecule has 17 heavy (non-hydrogen) atoms. The maximum Gasteiger partial charge on any atom is 0.0226 e. The fraction of sp³-hybridized carbons (Fsp3) is 1.00. The van der Waals surface area contributed by atoms with Crippen LogP contribution in [0, 0.1) is 5.92 Å². The molecule has 2 nitrogen and oxygen atoms in total. The molecule has 1 atom stereocenters. The summed E-state index contributed by atoms with van der Waals surface area (Å²) in [4.78, 5) is 2.59. The van der Waals surface area contributed by atoms with Gasteiger partial charge in [0.2, 0.25) is 0 Å². The first-order chi connectivity index (χ1) is 8.36. The Kier molecular flexibility index (Phi) is 9.13. The fourth-order valence-electron chi connectivity index (χ4n) is 2.65. The lowest BCUT2D eigenvalue weighted by atomic mass is 10.0. The molecule has 1 aliphatic heterocycles. The molecular weight excluding hydrogens is 232 g/mol. The van der Waals surface area contributed by atoms with Crippen LogP contribution in [-0.2, 0) is 0 Å². The van der Waals surface area contributed by atoms with Gasteiger partial charge < -0.3 is 10.2 Å². The van der Waals surface area contributed by atoms with Gasteiger partial charge >= 0.3 is 0 Å². The third-order valence-corrected chi connectivity index (χ3v) is 3.89. The van der Waals surface area contributed by atoms with Gasteiger partial charge in [0.25, 0.3) is 0 Å². The molecule has 0 aromatic rings. The van der Waals surface area contributed by atoms with Gasteiger partial charge in [-0.25, -0.2) is 0 Å². The highest BCUT2D eigenvalue weighted by molar-refractivity contribution is 6.17. The zero-order valence-corrected chi connectivity index (χ0v) is 12.1. The monoisotopic (exact) mass is 260 g/mol. The van der Waals surface area contributed by atoms with Crippen LogP contribution in [-0.4, -0.2) is 43.5 Å². The number of nitrogens with zero attached hydrogens (tertiary/aromatic N) is 1. The summed E-state index contributed by atoms with van der Waals surface area (Å²) < 4.78 is 0. The standard InChI is InChI=1S/C14H29ClN2/c1-2-6-14(7-8-15)13-16-9-5-12-17-10-3-4-11-17/h14,16H,2-13H2,1H3. The number of likely N-dealkylation sites (tertiary alicyclic amines) is 1. The second-order valence-electron chi connectivity index (χ2n) is 5.24. The average molecular weight is 261 g/mol. The van der Waals surface area contributed by atoms with Gasteiger partial charge in [-0.2, -0.15) is 0 Å². The highest BCUT2D eigenvalue weighted by Crippen LogP contribution is 2.11. The Morgan fingerprint density at radius 2 is 2.00 bits per heavy atom. The molecular formula is C14H29ClN2. The van der Waals surface area contributed by atoms with Crippen molar-refractivity contribution in [3.05, 3.63) is 0 Å². The first-order valence-corrected chi connectivity index (χ1v) is 7.89. The predicted molar refractivity (Wildman–Crippen MR) is 76.9 cm³/mol. The number of alkyl halides is 1. The summed E-state index contributed by atoms with van der Waals surface area (Å²) in [5, 5.41) is 3.59. The van der Waals surface area contributed by atoms with E-state index in [2.05, 4.69) is 17.1 Å². The summed E-state index contributed by atoms with van der Waals surface area (Å²) in [6.07, 6.45) is 7.85. The van der Waals surface area contributed by atoms with Crippen molar-refractivity contribution in [2.45, 2.75) is 45.4 Å². The minimum absolute atomic E-state index is 0.782. The summed E-state index contributed by atoms with van der Waals surface area (Å²) in [5.41, 5.74) is 0. The van der Waals surface area contributed by atoms with Crippen LogP contribution in [0.2, 0.25) is 0 Å². The Labute approximate surface area is 112 Å². The van der Waals surface area contributed by atoms with Crippen LogP contribution in [0.25, 0.3) is 0 Å². The number of rotatable bonds is 10. The molecule has 0 aromatic heterocycles. The third-order valence-electron chi connectivity index (χ3n) is 3.67. The van der Waals surface area contributed by atoms with Gasteiger partial charge in [-0.15, -0.1) is 11.6 Å². The van der Waals surface area contributed by atoms with E-state index >= 15 is 0 Å². The molecule has 0 aromatic carbocycles. The average Bonchev–Trinajstić information content (AvgIpc) is 2.82. The molecule has 0 saturated carbocycles. The van der Waals surface area contributed by atoms with Gasteiger partial charge in [-0.05, 0) is 70.7 Å². The van der Waals surface area contributed by atoms with Crippen molar-refractivity contribution >= 4 is 11.6 Å². The Morgan fingerprint density at radius 3 is 2.65 bits per heavy atom. The van der Waals surface area contributed by atoms with Gasteiger partial charge in [0.15, 0.2) is 0 Å². The largest absolute Gasteiger partial charge is 0.316 e. The first kappa shape index (κ1) is 15.3. The van der Waals surface area contributed by atoms with E-state index in [0.29, 0.717) is 0 Å². The lowest BCUT2D eigenvalue weighted by molar-refractivity contribution is 0.327. The van der Waals surface area contributed by atoms with Crippen molar-refractivity contribution in [2.75, 3.05) is 38.6 Å². The smallest absolute Gasteiger partial charge is 0.0226 e. The molecule has 1 rings (SSSR count). The quantitative estimate of drug-likeness (QED) is 0.480. The zero-order valence-electron chi connectivity index (χ0n) is 11.4. The summed E-state index contributed by atoms with van der Waals surface area (Å²) >= 11 is 5.82. The van der Waals surface area contributed by atoms with Gasteiger partial charge in [-0.1, -0.05) is 13.3 Å². The van der Waals surface area contributed by atoms with Gasteiger partial charge in [0.1, 0.15) is 0 Å². The summed E-state index contributed by atoms with van der Waals surface area (Å²) in [7, 11) is 0. The van der Waals surface area contributed by atoms with Gasteiger partial charge in [0, 0.05) is 5.88 Å². The molecule has 0 spiro atoms. The first-order valence-electron chi connectivity index (χ1n) is 7.35. The number of halogens is 1. The summed E-state index contributed by atoms with van der Waals surface area (Å²) in [6, 6.07) is 0. The Bertz CT molecular complexity index is 164. The fourth-order valence-corrected chi connectivity index (χ4v) is 2.96. The van der Waals surface area contributed by atoms with Gasteiger partial charge in [0.05, 0.1) is 0 Å². The van der Waals surface area contributed by atoms with E-state index in [-0.39, 0.29) is 0 Å². The van der Waals surface area contributed by atoms with Crippen LogP contribution >= 0.6 is 11.6 Å².